The van der Waals surface area contributed by atoms with E-state index in [4.69, 9.17) is 9.05 Å². The van der Waals surface area contributed by atoms with Crippen LogP contribution in [0.1, 0.15) is 251 Å². The van der Waals surface area contributed by atoms with Crippen LogP contribution in [0.5, 0.6) is 0 Å². The Hall–Kier alpha value is -1.28. The Morgan fingerprint density at radius 2 is 0.873 bits per heavy atom. The molecule has 0 aliphatic rings. The summed E-state index contributed by atoms with van der Waals surface area (Å²) in [6.07, 6.45) is 58.2. The summed E-state index contributed by atoms with van der Waals surface area (Å²) >= 11 is 0. The van der Waals surface area contributed by atoms with E-state index in [9.17, 15) is 19.4 Å². The maximum absolute atomic E-state index is 12.9. The third-order valence-electron chi connectivity index (χ3n) is 12.1. The minimum Gasteiger partial charge on any atom is -0.387 e. The average molecular weight is 910 g/mol. The number of phosphoric ester groups is 1. The predicted octanol–water partition coefficient (Wildman–Crippen LogP) is 15.8. The van der Waals surface area contributed by atoms with E-state index in [1.165, 1.54) is 193 Å². The quantitative estimate of drug-likeness (QED) is 0.0243. The van der Waals surface area contributed by atoms with Crippen molar-refractivity contribution in [1.29, 1.82) is 0 Å². The van der Waals surface area contributed by atoms with Crippen LogP contribution in [-0.4, -0.2) is 73.4 Å². The highest BCUT2D eigenvalue weighted by atomic mass is 31.2. The molecule has 0 aromatic rings. The van der Waals surface area contributed by atoms with Gasteiger partial charge < -0.3 is 19.8 Å². The monoisotopic (exact) mass is 910 g/mol. The number of carbonyl (C=O) groups is 1. The number of phosphoric acid groups is 1. The highest BCUT2D eigenvalue weighted by molar-refractivity contribution is 7.47. The van der Waals surface area contributed by atoms with E-state index < -0.39 is 20.0 Å². The topological polar surface area (TPSA) is 105 Å². The van der Waals surface area contributed by atoms with Gasteiger partial charge >= 0.3 is 7.82 Å². The Kier molecular flexibility index (Phi) is 44.9. The van der Waals surface area contributed by atoms with Gasteiger partial charge in [-0.3, -0.25) is 13.8 Å². The summed E-state index contributed by atoms with van der Waals surface area (Å²) in [5, 5.41) is 13.8. The molecule has 63 heavy (non-hydrogen) atoms. The number of unbranched alkanes of at least 4 members (excludes halogenated alkanes) is 32. The fourth-order valence-electron chi connectivity index (χ4n) is 7.82. The molecule has 0 aliphatic heterocycles. The van der Waals surface area contributed by atoms with Crippen molar-refractivity contribution in [3.63, 3.8) is 0 Å². The summed E-state index contributed by atoms with van der Waals surface area (Å²) < 4.78 is 23.6. The summed E-state index contributed by atoms with van der Waals surface area (Å²) in [7, 11) is 1.56. The number of nitrogens with zero attached hydrogens (tertiary/aromatic N) is 1. The van der Waals surface area contributed by atoms with Crippen LogP contribution in [0.3, 0.4) is 0 Å². The van der Waals surface area contributed by atoms with E-state index in [0.29, 0.717) is 17.4 Å². The molecule has 0 radical (unpaired) electrons. The van der Waals surface area contributed by atoms with E-state index in [0.717, 1.165) is 38.5 Å². The number of allylic oxidation sites excluding steroid dienone is 5. The molecule has 0 saturated carbocycles. The maximum Gasteiger partial charge on any atom is 0.472 e. The van der Waals surface area contributed by atoms with E-state index >= 15 is 0 Å². The Morgan fingerprint density at radius 1 is 0.524 bits per heavy atom. The Labute approximate surface area is 391 Å². The van der Waals surface area contributed by atoms with Crippen molar-refractivity contribution in [2.45, 2.75) is 264 Å². The lowest BCUT2D eigenvalue weighted by Gasteiger charge is -2.25. The first-order valence-corrected chi connectivity index (χ1v) is 28.4. The molecule has 0 aromatic carbocycles. The predicted molar refractivity (Wildman–Crippen MR) is 272 cm³/mol. The summed E-state index contributed by atoms with van der Waals surface area (Å²) in [4.78, 5) is 23.2. The number of carbonyl (C=O) groups excluding carboxylic acids is 1. The van der Waals surface area contributed by atoms with Gasteiger partial charge in [-0.2, -0.15) is 0 Å². The van der Waals surface area contributed by atoms with E-state index in [-0.39, 0.29) is 19.1 Å². The number of hydrogen-bond donors (Lipinski definition) is 3. The zero-order valence-electron chi connectivity index (χ0n) is 42.3. The first-order chi connectivity index (χ1) is 30.5. The summed E-state index contributed by atoms with van der Waals surface area (Å²) in [6, 6.07) is -0.861. The summed E-state index contributed by atoms with van der Waals surface area (Å²) in [5.74, 6) is -0.186. The van der Waals surface area contributed by atoms with Gasteiger partial charge in [0, 0.05) is 6.42 Å². The highest BCUT2D eigenvalue weighted by Gasteiger charge is 2.27. The number of aliphatic hydroxyl groups excluding tert-OH is 1. The van der Waals surface area contributed by atoms with E-state index in [2.05, 4.69) is 43.5 Å². The fourth-order valence-corrected chi connectivity index (χ4v) is 8.55. The van der Waals surface area contributed by atoms with Gasteiger partial charge in [0.1, 0.15) is 13.2 Å². The van der Waals surface area contributed by atoms with Crippen LogP contribution < -0.4 is 5.32 Å². The Morgan fingerprint density at radius 3 is 1.27 bits per heavy atom. The molecular formula is C54H106N2O6P+. The van der Waals surface area contributed by atoms with Gasteiger partial charge in [-0.25, -0.2) is 4.57 Å². The largest absolute Gasteiger partial charge is 0.472 e. The van der Waals surface area contributed by atoms with Gasteiger partial charge in [0.15, 0.2) is 0 Å². The third-order valence-corrected chi connectivity index (χ3v) is 13.1. The number of aliphatic hydroxyl groups is 1. The minimum absolute atomic E-state index is 0.0566. The van der Waals surface area contributed by atoms with Gasteiger partial charge in [0.25, 0.3) is 0 Å². The molecule has 372 valence electrons. The lowest BCUT2D eigenvalue weighted by atomic mass is 10.0. The Balaban J connectivity index is 4.14. The molecule has 3 N–H and O–H groups in total. The second-order valence-corrected chi connectivity index (χ2v) is 21.0. The molecule has 3 atom stereocenters. The molecule has 1 amide bonds. The standard InChI is InChI=1S/C54H105N2O6P/c1-6-8-10-12-14-16-18-20-21-22-23-24-25-26-27-28-29-30-31-32-33-34-36-38-40-42-44-46-48-54(58)55-52(51-62-63(59,60)61-50-49-56(3,4)5)53(57)47-45-43-41-39-37-35-19-17-15-13-11-9-7-2/h26-27,37,39,45,47,52-53,57H,6-25,28-36,38,40-44,46,48-51H2,1-5H3,(H-,55,58,59,60)/p+1/b27-26-,39-37+,47-45+. The van der Waals surface area contributed by atoms with Crippen molar-refractivity contribution < 1.29 is 32.9 Å². The van der Waals surface area contributed by atoms with Crippen molar-refractivity contribution in [3.8, 4) is 0 Å². The molecule has 3 unspecified atom stereocenters. The van der Waals surface area contributed by atoms with Crippen LogP contribution in [0.25, 0.3) is 0 Å². The maximum atomic E-state index is 12.9. The molecule has 8 nitrogen and oxygen atoms in total. The first kappa shape index (κ1) is 61.7. The van der Waals surface area contributed by atoms with Crippen molar-refractivity contribution in [2.75, 3.05) is 40.9 Å². The van der Waals surface area contributed by atoms with Crippen LogP contribution in [-0.2, 0) is 18.4 Å². The van der Waals surface area contributed by atoms with Gasteiger partial charge in [-0.15, -0.1) is 0 Å². The average Bonchev–Trinajstić information content (AvgIpc) is 3.24. The van der Waals surface area contributed by atoms with E-state index in [1.807, 2.05) is 27.2 Å². The van der Waals surface area contributed by atoms with Crippen molar-refractivity contribution >= 4 is 13.7 Å². The smallest absolute Gasteiger partial charge is 0.387 e. The van der Waals surface area contributed by atoms with Gasteiger partial charge in [0.2, 0.25) is 5.91 Å². The van der Waals surface area contributed by atoms with Gasteiger partial charge in [-0.05, 0) is 57.8 Å². The molecule has 0 fully saturated rings. The SMILES string of the molecule is CCCCCCCCC/C=C/CC/C=C/C(O)C(COP(=O)(O)OCC[N+](C)(C)C)NC(=O)CCCCCCCCCCCCCC/C=C\CCCCCCCCCCCCCC. The number of hydrogen-bond acceptors (Lipinski definition) is 5. The number of quaternary nitrogens is 1. The van der Waals surface area contributed by atoms with Crippen molar-refractivity contribution in [2.24, 2.45) is 0 Å². The number of nitrogens with one attached hydrogen (secondary N) is 1. The molecule has 9 heteroatoms. The van der Waals surface area contributed by atoms with Crippen LogP contribution in [0, 0.1) is 0 Å². The zero-order valence-corrected chi connectivity index (χ0v) is 43.2. The molecule has 0 aromatic heterocycles. The summed E-state index contributed by atoms with van der Waals surface area (Å²) in [5.41, 5.74) is 0. The molecule has 0 rings (SSSR count). The van der Waals surface area contributed by atoms with Gasteiger partial charge in [0.05, 0.1) is 39.9 Å². The van der Waals surface area contributed by atoms with Crippen molar-refractivity contribution in [1.82, 2.24) is 5.32 Å². The summed E-state index contributed by atoms with van der Waals surface area (Å²) in [6.45, 7) is 4.80. The number of amides is 1. The number of rotatable bonds is 49. The second kappa shape index (κ2) is 45.9. The lowest BCUT2D eigenvalue weighted by Crippen LogP contribution is -2.45. The third kappa shape index (κ3) is 48.5. The second-order valence-electron chi connectivity index (χ2n) is 19.6. The molecule has 0 spiro atoms. The van der Waals surface area contributed by atoms with E-state index in [1.54, 1.807) is 6.08 Å². The zero-order chi connectivity index (χ0) is 46.4. The first-order valence-electron chi connectivity index (χ1n) is 26.9. The fraction of sp³-hybridized carbons (Fsp3) is 0.870. The molecule has 0 aliphatic carbocycles. The van der Waals surface area contributed by atoms with Crippen LogP contribution in [0.15, 0.2) is 36.5 Å². The minimum atomic E-state index is -4.35. The number of likely N-dealkylation sites (N-methyl/N-ethyl adjacent to an activating group) is 1. The van der Waals surface area contributed by atoms with Crippen LogP contribution >= 0.6 is 7.82 Å². The molecule has 0 saturated heterocycles. The molecule has 0 bridgehead atoms. The Bertz CT molecular complexity index is 1120. The van der Waals surface area contributed by atoms with Gasteiger partial charge in [-0.1, -0.05) is 224 Å². The lowest BCUT2D eigenvalue weighted by molar-refractivity contribution is -0.870. The highest BCUT2D eigenvalue weighted by Crippen LogP contribution is 2.43. The normalized spacial score (nSPS) is 14.3. The molecular weight excluding hydrogens is 804 g/mol. The van der Waals surface area contributed by atoms with Crippen LogP contribution in [0.4, 0.5) is 0 Å². The van der Waals surface area contributed by atoms with Crippen molar-refractivity contribution in [3.05, 3.63) is 36.5 Å². The van der Waals surface area contributed by atoms with Crippen LogP contribution in [0.2, 0.25) is 0 Å². The molecule has 0 heterocycles.